The largest absolute Gasteiger partial charge is 0.308 e. The van der Waals surface area contributed by atoms with E-state index in [4.69, 9.17) is 4.98 Å². The van der Waals surface area contributed by atoms with Crippen molar-refractivity contribution in [3.05, 3.63) is 15.6 Å². The van der Waals surface area contributed by atoms with Gasteiger partial charge in [0.2, 0.25) is 0 Å². The van der Waals surface area contributed by atoms with Crippen LogP contribution in [0.1, 0.15) is 48.3 Å². The quantitative estimate of drug-likeness (QED) is 0.910. The summed E-state index contributed by atoms with van der Waals surface area (Å²) in [6.07, 6.45) is 3.71. The molecule has 0 aromatic carbocycles. The minimum Gasteiger partial charge on any atom is -0.308 e. The molecule has 0 spiro atoms. The summed E-state index contributed by atoms with van der Waals surface area (Å²) in [5.41, 5.74) is 1.38. The molecule has 18 heavy (non-hydrogen) atoms. The van der Waals surface area contributed by atoms with Crippen LogP contribution in [0, 0.1) is 5.92 Å². The zero-order valence-corrected chi connectivity index (χ0v) is 12.2. The maximum atomic E-state index is 4.88. The Morgan fingerprint density at radius 2 is 2.39 bits per heavy atom. The molecular weight excluding hydrogens is 242 g/mol. The number of hydrogen-bond donors (Lipinski definition) is 1. The predicted octanol–water partition coefficient (Wildman–Crippen LogP) is 2.58. The van der Waals surface area contributed by atoms with Crippen LogP contribution < -0.4 is 5.32 Å². The lowest BCUT2D eigenvalue weighted by Gasteiger charge is -2.27. The van der Waals surface area contributed by atoms with E-state index in [2.05, 4.69) is 24.1 Å². The number of nitrogens with zero attached hydrogens (tertiary/aromatic N) is 2. The average molecular weight is 265 g/mol. The number of thiazole rings is 1. The lowest BCUT2D eigenvalue weighted by Crippen LogP contribution is -2.32. The standard InChI is InChI=1S/C14H23N3S/c1-10(2)8-17-7-5-11-13(9-17)18-14(16-11)12-4-3-6-15-12/h10,12,15H,3-9H2,1-2H3. The molecule has 100 valence electrons. The predicted molar refractivity (Wildman–Crippen MR) is 75.9 cm³/mol. The lowest BCUT2D eigenvalue weighted by molar-refractivity contribution is 0.228. The first-order valence-electron chi connectivity index (χ1n) is 7.16. The van der Waals surface area contributed by atoms with Crippen molar-refractivity contribution in [2.75, 3.05) is 19.6 Å². The van der Waals surface area contributed by atoms with E-state index in [1.165, 1.54) is 41.5 Å². The van der Waals surface area contributed by atoms with Crippen LogP contribution in [0.4, 0.5) is 0 Å². The molecule has 3 nitrogen and oxygen atoms in total. The van der Waals surface area contributed by atoms with Gasteiger partial charge >= 0.3 is 0 Å². The summed E-state index contributed by atoms with van der Waals surface area (Å²) in [5.74, 6) is 0.760. The van der Waals surface area contributed by atoms with E-state index >= 15 is 0 Å². The molecular formula is C14H23N3S. The Morgan fingerprint density at radius 3 is 3.11 bits per heavy atom. The van der Waals surface area contributed by atoms with E-state index in [1.54, 1.807) is 0 Å². The molecule has 1 N–H and O–H groups in total. The molecule has 1 fully saturated rings. The maximum absolute atomic E-state index is 4.88. The lowest BCUT2D eigenvalue weighted by atomic mass is 10.1. The second-order valence-corrected chi connectivity index (χ2v) is 7.07. The summed E-state index contributed by atoms with van der Waals surface area (Å²) < 4.78 is 0. The molecule has 0 saturated carbocycles. The molecule has 1 atom stereocenters. The molecule has 2 aliphatic heterocycles. The minimum atomic E-state index is 0.541. The zero-order valence-electron chi connectivity index (χ0n) is 11.4. The highest BCUT2D eigenvalue weighted by Crippen LogP contribution is 2.32. The van der Waals surface area contributed by atoms with Gasteiger partial charge in [-0.25, -0.2) is 4.98 Å². The van der Waals surface area contributed by atoms with Crippen LogP contribution in [0.25, 0.3) is 0 Å². The van der Waals surface area contributed by atoms with E-state index in [9.17, 15) is 0 Å². The van der Waals surface area contributed by atoms with Crippen molar-refractivity contribution >= 4 is 11.3 Å². The summed E-state index contributed by atoms with van der Waals surface area (Å²) >= 11 is 1.95. The SMILES string of the molecule is CC(C)CN1CCc2nc(C3CCCN3)sc2C1. The Hall–Kier alpha value is -0.450. The number of nitrogens with one attached hydrogen (secondary N) is 1. The molecule has 3 heterocycles. The first-order valence-corrected chi connectivity index (χ1v) is 7.98. The van der Waals surface area contributed by atoms with Crippen molar-refractivity contribution in [3.63, 3.8) is 0 Å². The normalized spacial score (nSPS) is 24.7. The van der Waals surface area contributed by atoms with Crippen molar-refractivity contribution < 1.29 is 0 Å². The molecule has 0 radical (unpaired) electrons. The van der Waals surface area contributed by atoms with Crippen LogP contribution in [-0.2, 0) is 13.0 Å². The van der Waals surface area contributed by atoms with Gasteiger partial charge in [-0.3, -0.25) is 4.90 Å². The molecule has 1 unspecified atom stereocenters. The topological polar surface area (TPSA) is 28.2 Å². The van der Waals surface area contributed by atoms with Crippen LogP contribution in [-0.4, -0.2) is 29.5 Å². The summed E-state index contributed by atoms with van der Waals surface area (Å²) in [7, 11) is 0. The van der Waals surface area contributed by atoms with Crippen LogP contribution >= 0.6 is 11.3 Å². The Kier molecular flexibility index (Phi) is 3.68. The van der Waals surface area contributed by atoms with E-state index in [-0.39, 0.29) is 0 Å². The maximum Gasteiger partial charge on any atom is 0.110 e. The van der Waals surface area contributed by atoms with Crippen LogP contribution in [0.2, 0.25) is 0 Å². The minimum absolute atomic E-state index is 0.541. The fourth-order valence-corrected chi connectivity index (χ4v) is 4.25. The van der Waals surface area contributed by atoms with E-state index in [0.29, 0.717) is 6.04 Å². The van der Waals surface area contributed by atoms with Gasteiger partial charge in [-0.15, -0.1) is 11.3 Å². The van der Waals surface area contributed by atoms with Crippen LogP contribution in [0.3, 0.4) is 0 Å². The van der Waals surface area contributed by atoms with Gasteiger partial charge in [0.25, 0.3) is 0 Å². The van der Waals surface area contributed by atoms with E-state index < -0.39 is 0 Å². The summed E-state index contributed by atoms with van der Waals surface area (Å²) in [6.45, 7) is 9.29. The van der Waals surface area contributed by atoms with Crippen LogP contribution in [0.5, 0.6) is 0 Å². The molecule has 0 aliphatic carbocycles. The summed E-state index contributed by atoms with van der Waals surface area (Å²) in [5, 5.41) is 4.90. The number of fused-ring (bicyclic) bond motifs is 1. The van der Waals surface area contributed by atoms with Gasteiger partial charge in [-0.1, -0.05) is 13.8 Å². The third-order valence-corrected chi connectivity index (χ3v) is 5.00. The second kappa shape index (κ2) is 5.27. The highest BCUT2D eigenvalue weighted by atomic mass is 32.1. The fourth-order valence-electron chi connectivity index (χ4n) is 2.98. The van der Waals surface area contributed by atoms with Crippen molar-refractivity contribution in [1.29, 1.82) is 0 Å². The van der Waals surface area contributed by atoms with Crippen molar-refractivity contribution in [1.82, 2.24) is 15.2 Å². The molecule has 4 heteroatoms. The second-order valence-electron chi connectivity index (χ2n) is 5.95. The third-order valence-electron chi connectivity index (χ3n) is 3.81. The Bertz CT molecular complexity index is 407. The fraction of sp³-hybridized carbons (Fsp3) is 0.786. The van der Waals surface area contributed by atoms with E-state index in [0.717, 1.165) is 25.4 Å². The number of aromatic nitrogens is 1. The van der Waals surface area contributed by atoms with Crippen molar-refractivity contribution in [2.24, 2.45) is 5.92 Å². The molecule has 1 aromatic heterocycles. The van der Waals surface area contributed by atoms with Crippen LogP contribution in [0.15, 0.2) is 0 Å². The number of hydrogen-bond acceptors (Lipinski definition) is 4. The highest BCUT2D eigenvalue weighted by molar-refractivity contribution is 7.11. The smallest absolute Gasteiger partial charge is 0.110 e. The molecule has 1 aromatic rings. The Labute approximate surface area is 114 Å². The van der Waals surface area contributed by atoms with Gasteiger partial charge in [-0.05, 0) is 25.3 Å². The Morgan fingerprint density at radius 1 is 1.50 bits per heavy atom. The summed E-state index contributed by atoms with van der Waals surface area (Å²) in [4.78, 5) is 8.98. The molecule has 0 bridgehead atoms. The van der Waals surface area contributed by atoms with Crippen molar-refractivity contribution in [3.8, 4) is 0 Å². The van der Waals surface area contributed by atoms with E-state index in [1.807, 2.05) is 11.3 Å². The van der Waals surface area contributed by atoms with Crippen molar-refractivity contribution in [2.45, 2.75) is 45.7 Å². The zero-order chi connectivity index (χ0) is 12.5. The van der Waals surface area contributed by atoms with Gasteiger partial charge in [0, 0.05) is 30.9 Å². The Balaban J connectivity index is 1.71. The van der Waals surface area contributed by atoms with Gasteiger partial charge < -0.3 is 5.32 Å². The van der Waals surface area contributed by atoms with Gasteiger partial charge in [0.1, 0.15) is 5.01 Å². The average Bonchev–Trinajstić information content (AvgIpc) is 2.95. The third kappa shape index (κ3) is 2.60. The molecule has 0 amide bonds. The number of rotatable bonds is 3. The monoisotopic (exact) mass is 265 g/mol. The van der Waals surface area contributed by atoms with Gasteiger partial charge in [0.15, 0.2) is 0 Å². The van der Waals surface area contributed by atoms with Gasteiger partial charge in [-0.2, -0.15) is 0 Å². The summed E-state index contributed by atoms with van der Waals surface area (Å²) in [6, 6.07) is 0.541. The molecule has 3 rings (SSSR count). The first-order chi connectivity index (χ1) is 8.72. The van der Waals surface area contributed by atoms with Gasteiger partial charge in [0.05, 0.1) is 11.7 Å². The molecule has 2 aliphatic rings. The highest BCUT2D eigenvalue weighted by Gasteiger charge is 2.25. The first kappa shape index (κ1) is 12.6. The molecule has 1 saturated heterocycles.